The van der Waals surface area contributed by atoms with E-state index in [1.165, 1.54) is 12.8 Å². The molecule has 0 atom stereocenters. The Morgan fingerprint density at radius 3 is 2.63 bits per heavy atom. The standard InChI is InChI=1S/C15H19N3S/c1-11-2-6-15(16,7-3-11)14-18-13(10-19-14)12-4-8-17-9-5-12/h4-5,8-11H,2-3,6-7,16H2,1H3. The van der Waals surface area contributed by atoms with E-state index in [0.717, 1.165) is 35.0 Å². The average Bonchev–Trinajstić information content (AvgIpc) is 2.94. The Morgan fingerprint density at radius 2 is 1.95 bits per heavy atom. The van der Waals surface area contributed by atoms with Crippen molar-refractivity contribution in [2.45, 2.75) is 38.1 Å². The van der Waals surface area contributed by atoms with Gasteiger partial charge in [0.2, 0.25) is 0 Å². The number of aromatic nitrogens is 2. The SMILES string of the molecule is CC1CCC(N)(c2nc(-c3ccncc3)cs2)CC1. The minimum Gasteiger partial charge on any atom is -0.319 e. The molecule has 2 aromatic heterocycles. The molecule has 0 saturated heterocycles. The third-order valence-electron chi connectivity index (χ3n) is 4.07. The average molecular weight is 273 g/mol. The normalized spacial score (nSPS) is 27.4. The lowest BCUT2D eigenvalue weighted by Crippen LogP contribution is -2.40. The fraction of sp³-hybridized carbons (Fsp3) is 0.467. The Morgan fingerprint density at radius 1 is 1.26 bits per heavy atom. The van der Waals surface area contributed by atoms with E-state index in [0.29, 0.717) is 0 Å². The molecule has 3 rings (SSSR count). The molecule has 0 amide bonds. The number of nitrogens with two attached hydrogens (primary N) is 1. The van der Waals surface area contributed by atoms with E-state index in [-0.39, 0.29) is 5.54 Å². The summed E-state index contributed by atoms with van der Waals surface area (Å²) in [5, 5.41) is 3.20. The number of pyridine rings is 1. The van der Waals surface area contributed by atoms with E-state index < -0.39 is 0 Å². The molecule has 0 radical (unpaired) electrons. The number of thiazole rings is 1. The van der Waals surface area contributed by atoms with Gasteiger partial charge in [-0.1, -0.05) is 6.92 Å². The first-order chi connectivity index (χ1) is 9.17. The highest BCUT2D eigenvalue weighted by atomic mass is 32.1. The molecule has 0 aromatic carbocycles. The van der Waals surface area contributed by atoms with Crippen LogP contribution in [-0.4, -0.2) is 9.97 Å². The van der Waals surface area contributed by atoms with E-state index in [1.54, 1.807) is 23.7 Å². The second-order valence-corrected chi connectivity index (χ2v) is 6.47. The van der Waals surface area contributed by atoms with Crippen LogP contribution >= 0.6 is 11.3 Å². The summed E-state index contributed by atoms with van der Waals surface area (Å²) < 4.78 is 0. The molecule has 100 valence electrons. The predicted molar refractivity (Wildman–Crippen MR) is 78.8 cm³/mol. The first kappa shape index (κ1) is 12.8. The molecule has 2 heterocycles. The van der Waals surface area contributed by atoms with Crippen LogP contribution in [0.15, 0.2) is 29.9 Å². The van der Waals surface area contributed by atoms with Gasteiger partial charge >= 0.3 is 0 Å². The molecule has 1 aliphatic rings. The Balaban J connectivity index is 1.85. The van der Waals surface area contributed by atoms with Crippen molar-refractivity contribution in [3.8, 4) is 11.3 Å². The highest BCUT2D eigenvalue weighted by Crippen LogP contribution is 2.39. The Hall–Kier alpha value is -1.26. The zero-order valence-electron chi connectivity index (χ0n) is 11.2. The Bertz CT molecular complexity index is 542. The van der Waals surface area contributed by atoms with Gasteiger partial charge in [-0.25, -0.2) is 4.98 Å². The number of hydrogen-bond donors (Lipinski definition) is 1. The lowest BCUT2D eigenvalue weighted by molar-refractivity contribution is 0.247. The molecule has 1 saturated carbocycles. The van der Waals surface area contributed by atoms with Crippen LogP contribution in [0.4, 0.5) is 0 Å². The van der Waals surface area contributed by atoms with E-state index >= 15 is 0 Å². The highest BCUT2D eigenvalue weighted by Gasteiger charge is 2.34. The van der Waals surface area contributed by atoms with Crippen molar-refractivity contribution in [1.82, 2.24) is 9.97 Å². The van der Waals surface area contributed by atoms with Gasteiger partial charge in [-0.3, -0.25) is 4.98 Å². The maximum atomic E-state index is 6.57. The lowest BCUT2D eigenvalue weighted by Gasteiger charge is -2.34. The van der Waals surface area contributed by atoms with Gasteiger partial charge in [0.1, 0.15) is 5.01 Å². The first-order valence-corrected chi connectivity index (χ1v) is 7.71. The maximum Gasteiger partial charge on any atom is 0.113 e. The summed E-state index contributed by atoms with van der Waals surface area (Å²) in [5.74, 6) is 0.802. The molecular weight excluding hydrogens is 254 g/mol. The van der Waals surface area contributed by atoms with Gasteiger partial charge in [0.25, 0.3) is 0 Å². The molecule has 19 heavy (non-hydrogen) atoms. The highest BCUT2D eigenvalue weighted by molar-refractivity contribution is 7.10. The number of rotatable bonds is 2. The van der Waals surface area contributed by atoms with Gasteiger partial charge in [-0.15, -0.1) is 11.3 Å². The first-order valence-electron chi connectivity index (χ1n) is 6.83. The summed E-state index contributed by atoms with van der Waals surface area (Å²) in [5.41, 5.74) is 8.50. The third-order valence-corrected chi connectivity index (χ3v) is 5.13. The zero-order valence-corrected chi connectivity index (χ0v) is 12.0. The van der Waals surface area contributed by atoms with Crippen molar-refractivity contribution in [2.24, 2.45) is 11.7 Å². The second-order valence-electron chi connectivity index (χ2n) is 5.61. The summed E-state index contributed by atoms with van der Waals surface area (Å²) in [6, 6.07) is 3.98. The van der Waals surface area contributed by atoms with E-state index in [1.807, 2.05) is 12.1 Å². The van der Waals surface area contributed by atoms with Gasteiger partial charge in [0.05, 0.1) is 11.2 Å². The largest absolute Gasteiger partial charge is 0.319 e. The lowest BCUT2D eigenvalue weighted by atomic mass is 9.78. The summed E-state index contributed by atoms with van der Waals surface area (Å²) in [7, 11) is 0. The van der Waals surface area contributed by atoms with Crippen LogP contribution in [0.1, 0.15) is 37.6 Å². The van der Waals surface area contributed by atoms with E-state index in [2.05, 4.69) is 17.3 Å². The van der Waals surface area contributed by atoms with Crippen molar-refractivity contribution < 1.29 is 0 Å². The molecule has 2 N–H and O–H groups in total. The second kappa shape index (κ2) is 5.02. The quantitative estimate of drug-likeness (QED) is 0.910. The summed E-state index contributed by atoms with van der Waals surface area (Å²) in [4.78, 5) is 8.81. The number of hydrogen-bond acceptors (Lipinski definition) is 4. The Kier molecular flexibility index (Phi) is 3.37. The van der Waals surface area contributed by atoms with Crippen molar-refractivity contribution >= 4 is 11.3 Å². The molecule has 0 aliphatic heterocycles. The van der Waals surface area contributed by atoms with Gasteiger partial charge in [-0.2, -0.15) is 0 Å². The molecule has 1 fully saturated rings. The molecule has 0 spiro atoms. The Labute approximate surface area is 117 Å². The van der Waals surface area contributed by atoms with Gasteiger partial charge in [0.15, 0.2) is 0 Å². The molecule has 4 heteroatoms. The van der Waals surface area contributed by atoms with Crippen LogP contribution in [0, 0.1) is 5.92 Å². The summed E-state index contributed by atoms with van der Waals surface area (Å²) >= 11 is 1.69. The summed E-state index contributed by atoms with van der Waals surface area (Å²) in [6.07, 6.45) is 8.12. The van der Waals surface area contributed by atoms with Crippen molar-refractivity contribution in [2.75, 3.05) is 0 Å². The van der Waals surface area contributed by atoms with Crippen LogP contribution in [0.5, 0.6) is 0 Å². The maximum absolute atomic E-state index is 6.57. The minimum absolute atomic E-state index is 0.206. The van der Waals surface area contributed by atoms with Gasteiger partial charge in [-0.05, 0) is 43.7 Å². The smallest absolute Gasteiger partial charge is 0.113 e. The summed E-state index contributed by atoms with van der Waals surface area (Å²) in [6.45, 7) is 2.31. The zero-order chi connectivity index (χ0) is 13.3. The fourth-order valence-corrected chi connectivity index (χ4v) is 3.65. The van der Waals surface area contributed by atoms with Crippen LogP contribution in [0.2, 0.25) is 0 Å². The van der Waals surface area contributed by atoms with Gasteiger partial charge < -0.3 is 5.73 Å². The van der Waals surface area contributed by atoms with Crippen LogP contribution in [0.25, 0.3) is 11.3 Å². The molecule has 2 aromatic rings. The topological polar surface area (TPSA) is 51.8 Å². The fourth-order valence-electron chi connectivity index (χ4n) is 2.65. The molecule has 1 aliphatic carbocycles. The predicted octanol–water partition coefficient (Wildman–Crippen LogP) is 3.57. The van der Waals surface area contributed by atoms with Crippen LogP contribution in [0.3, 0.4) is 0 Å². The van der Waals surface area contributed by atoms with Crippen LogP contribution < -0.4 is 5.73 Å². The molecule has 3 nitrogen and oxygen atoms in total. The van der Waals surface area contributed by atoms with Crippen molar-refractivity contribution in [1.29, 1.82) is 0 Å². The monoisotopic (exact) mass is 273 g/mol. The van der Waals surface area contributed by atoms with Crippen molar-refractivity contribution in [3.05, 3.63) is 34.9 Å². The molecule has 0 unspecified atom stereocenters. The van der Waals surface area contributed by atoms with Crippen molar-refractivity contribution in [3.63, 3.8) is 0 Å². The van der Waals surface area contributed by atoms with Crippen LogP contribution in [-0.2, 0) is 5.54 Å². The molecular formula is C15H19N3S. The minimum atomic E-state index is -0.206. The van der Waals surface area contributed by atoms with E-state index in [4.69, 9.17) is 10.7 Å². The molecule has 0 bridgehead atoms. The third kappa shape index (κ3) is 2.55. The van der Waals surface area contributed by atoms with E-state index in [9.17, 15) is 0 Å². The van der Waals surface area contributed by atoms with Gasteiger partial charge in [0, 0.05) is 23.3 Å². The number of nitrogens with zero attached hydrogens (tertiary/aromatic N) is 2.